The molecule has 2 saturated heterocycles. The maximum atomic E-state index is 14.8. The fraction of sp³-hybridized carbons (Fsp3) is 0.417. The van der Waals surface area contributed by atoms with Crippen LogP contribution in [-0.4, -0.2) is 127 Å². The Morgan fingerprint density at radius 2 is 1.21 bits per heavy atom. The van der Waals surface area contributed by atoms with Crippen LogP contribution < -0.4 is 41.3 Å². The zero-order valence-electron chi connectivity index (χ0n) is 38.1. The molecule has 8 aromatic rings. The molecule has 18 heteroatoms. The number of aromatic nitrogens is 8. The monoisotopic (exact) mass is 886 g/mol. The number of amides is 2. The van der Waals surface area contributed by atoms with Gasteiger partial charge in [0, 0.05) is 82.2 Å². The van der Waals surface area contributed by atoms with Crippen molar-refractivity contribution < 1.29 is 9.59 Å². The molecule has 8 heterocycles. The van der Waals surface area contributed by atoms with E-state index in [2.05, 4.69) is 64.1 Å². The summed E-state index contributed by atoms with van der Waals surface area (Å²) in [7, 11) is 3.59. The Hall–Kier alpha value is -6.92. The van der Waals surface area contributed by atoms with Gasteiger partial charge in [-0.1, -0.05) is 12.1 Å². The second-order valence-corrected chi connectivity index (χ2v) is 19.0. The minimum Gasteiger partial charge on any atom is -0.380 e. The molecular weight excluding hydrogens is 833 g/mol. The summed E-state index contributed by atoms with van der Waals surface area (Å²) in [4.78, 5) is 66.8. The molecular formula is C48H54N16O2. The van der Waals surface area contributed by atoms with E-state index < -0.39 is 0 Å². The molecule has 4 fully saturated rings. The zero-order chi connectivity index (χ0) is 45.1. The van der Waals surface area contributed by atoms with Gasteiger partial charge in [0.1, 0.15) is 33.8 Å². The zero-order valence-corrected chi connectivity index (χ0v) is 38.1. The number of fused-ring (bicyclic) bond motifs is 10. The standard InChI is InChI=1S/C48H54N16O2/c1-24-20-61(21-25(2)52-24)35-18-50-40-39(54-28-11-12-28)37(47(65)49-5)43-57-32-16-15-30(17-34(32)64(43)45(40)58-35)60(6)42-38(48(66)55-29-13-14-29)44-56-31-9-7-8-10-33(31)63(44)46-41(42)51-19-36(59-46)62-22-26(3)53-27(4)23-62/h7-10,15-19,24-29,52-54H,11-14,20-23H2,1-6H3,(H,49,65)(H,55,66). The van der Waals surface area contributed by atoms with Crippen LogP contribution in [0.15, 0.2) is 54.9 Å². The topological polar surface area (TPSA) is 190 Å². The van der Waals surface area contributed by atoms with Crippen molar-refractivity contribution in [1.29, 1.82) is 0 Å². The molecule has 2 aromatic carbocycles. The Morgan fingerprint density at radius 3 is 1.83 bits per heavy atom. The van der Waals surface area contributed by atoms with Gasteiger partial charge in [-0.05, 0) is 83.7 Å². The molecule has 2 amide bonds. The quantitative estimate of drug-likeness (QED) is 0.128. The lowest BCUT2D eigenvalue weighted by molar-refractivity contribution is 0.0948. The van der Waals surface area contributed by atoms with Crippen LogP contribution in [0, 0.1) is 0 Å². The molecule has 4 unspecified atom stereocenters. The number of anilines is 5. The van der Waals surface area contributed by atoms with Crippen LogP contribution in [0.2, 0.25) is 0 Å². The lowest BCUT2D eigenvalue weighted by Crippen LogP contribution is -2.54. The lowest BCUT2D eigenvalue weighted by Gasteiger charge is -2.36. The summed E-state index contributed by atoms with van der Waals surface area (Å²) in [6.45, 7) is 11.8. The van der Waals surface area contributed by atoms with Gasteiger partial charge in [-0.2, -0.15) is 0 Å². The van der Waals surface area contributed by atoms with Gasteiger partial charge in [0.25, 0.3) is 11.8 Å². The van der Waals surface area contributed by atoms with E-state index in [9.17, 15) is 9.59 Å². The Balaban J connectivity index is 1.10. The number of carbonyl (C=O) groups excluding carboxylic acids is 2. The molecule has 66 heavy (non-hydrogen) atoms. The van der Waals surface area contributed by atoms with Crippen LogP contribution >= 0.6 is 0 Å². The predicted octanol–water partition coefficient (Wildman–Crippen LogP) is 5.14. The largest absolute Gasteiger partial charge is 0.380 e. The number of para-hydroxylation sites is 2. The number of nitrogens with one attached hydrogen (secondary N) is 5. The summed E-state index contributed by atoms with van der Waals surface area (Å²) >= 11 is 0. The first-order valence-electron chi connectivity index (χ1n) is 23.3. The second-order valence-electron chi connectivity index (χ2n) is 19.0. The summed E-state index contributed by atoms with van der Waals surface area (Å²) in [5, 5.41) is 17.0. The smallest absolute Gasteiger partial charge is 0.257 e. The van der Waals surface area contributed by atoms with E-state index in [-0.39, 0.29) is 48.1 Å². The van der Waals surface area contributed by atoms with Crippen LogP contribution in [0.4, 0.5) is 28.7 Å². The van der Waals surface area contributed by atoms with Crippen molar-refractivity contribution >= 4 is 96.2 Å². The molecule has 12 rings (SSSR count). The lowest BCUT2D eigenvalue weighted by atomic mass is 10.1. The van der Waals surface area contributed by atoms with Gasteiger partial charge in [-0.25, -0.2) is 29.9 Å². The van der Waals surface area contributed by atoms with Gasteiger partial charge in [0.15, 0.2) is 22.6 Å². The number of imidazole rings is 2. The SMILES string of the molecule is CNC(=O)c1c(NC2CC2)c2ncc(N3CC(C)NC(C)C3)nc2n2c1nc1ccc(N(C)c3c(C(=O)NC4CC4)c4nc5ccccc5n4c4nc(N5CC(C)NC(C)C5)cnc34)cc12. The minimum atomic E-state index is -0.269. The van der Waals surface area contributed by atoms with E-state index in [1.807, 2.05) is 75.6 Å². The van der Waals surface area contributed by atoms with Crippen LogP contribution in [0.5, 0.6) is 0 Å². The molecule has 18 nitrogen and oxygen atoms in total. The highest BCUT2D eigenvalue weighted by Crippen LogP contribution is 2.41. The van der Waals surface area contributed by atoms with Crippen LogP contribution in [0.3, 0.4) is 0 Å². The first-order chi connectivity index (χ1) is 32.0. The summed E-state index contributed by atoms with van der Waals surface area (Å²) in [5.41, 5.74) is 9.12. The molecule has 4 aliphatic rings. The molecule has 5 N–H and O–H groups in total. The van der Waals surface area contributed by atoms with E-state index >= 15 is 0 Å². The van der Waals surface area contributed by atoms with E-state index in [1.165, 1.54) is 0 Å². The first kappa shape index (κ1) is 40.6. The van der Waals surface area contributed by atoms with Gasteiger partial charge in [0.05, 0.1) is 45.8 Å². The van der Waals surface area contributed by atoms with Crippen LogP contribution in [0.1, 0.15) is 74.1 Å². The van der Waals surface area contributed by atoms with E-state index in [0.29, 0.717) is 61.6 Å². The number of piperazine rings is 2. The minimum absolute atomic E-state index is 0.0937. The van der Waals surface area contributed by atoms with Crippen molar-refractivity contribution in [3.8, 4) is 0 Å². The number of rotatable bonds is 9. The second kappa shape index (κ2) is 15.3. The number of carbonyl (C=O) groups is 2. The maximum absolute atomic E-state index is 14.8. The summed E-state index contributed by atoms with van der Waals surface area (Å²) in [6.07, 6.45) is 7.52. The van der Waals surface area contributed by atoms with Gasteiger partial charge < -0.3 is 41.3 Å². The van der Waals surface area contributed by atoms with Gasteiger partial charge in [-0.3, -0.25) is 18.4 Å². The highest BCUT2D eigenvalue weighted by Gasteiger charge is 2.34. The summed E-state index contributed by atoms with van der Waals surface area (Å²) < 4.78 is 3.97. The fourth-order valence-corrected chi connectivity index (χ4v) is 10.3. The van der Waals surface area contributed by atoms with Crippen molar-refractivity contribution in [1.82, 2.24) is 60.0 Å². The van der Waals surface area contributed by atoms with Crippen molar-refractivity contribution in [2.75, 3.05) is 60.3 Å². The highest BCUT2D eigenvalue weighted by atomic mass is 16.2. The van der Waals surface area contributed by atoms with Crippen LogP contribution in [-0.2, 0) is 0 Å². The third-order valence-electron chi connectivity index (χ3n) is 13.5. The van der Waals surface area contributed by atoms with E-state index in [0.717, 1.165) is 85.7 Å². The van der Waals surface area contributed by atoms with Crippen molar-refractivity contribution in [3.05, 3.63) is 66.0 Å². The molecule has 338 valence electrons. The Bertz CT molecular complexity index is 3280. The predicted molar refractivity (Wildman–Crippen MR) is 259 cm³/mol. The van der Waals surface area contributed by atoms with Crippen molar-refractivity contribution in [3.63, 3.8) is 0 Å². The normalized spacial score (nSPS) is 21.4. The number of hydrogen-bond acceptors (Lipinski definition) is 14. The number of hydrogen-bond donors (Lipinski definition) is 5. The number of nitrogens with zero attached hydrogens (tertiary/aromatic N) is 11. The molecule has 0 spiro atoms. The maximum Gasteiger partial charge on any atom is 0.257 e. The highest BCUT2D eigenvalue weighted by molar-refractivity contribution is 6.15. The third-order valence-corrected chi connectivity index (χ3v) is 13.5. The summed E-state index contributed by atoms with van der Waals surface area (Å²) in [6, 6.07) is 15.3. The van der Waals surface area contributed by atoms with Crippen LogP contribution in [0.25, 0.3) is 55.7 Å². The average molecular weight is 887 g/mol. The third kappa shape index (κ3) is 6.75. The fourth-order valence-electron chi connectivity index (χ4n) is 10.3. The van der Waals surface area contributed by atoms with Gasteiger partial charge in [0.2, 0.25) is 0 Å². The average Bonchev–Trinajstić information content (AvgIpc) is 4.24. The van der Waals surface area contributed by atoms with Gasteiger partial charge >= 0.3 is 0 Å². The first-order valence-corrected chi connectivity index (χ1v) is 23.3. The number of pyridine rings is 2. The molecule has 6 aromatic heterocycles. The van der Waals surface area contributed by atoms with E-state index in [1.54, 1.807) is 7.05 Å². The molecule has 0 bridgehead atoms. The molecule has 4 atom stereocenters. The number of benzene rings is 2. The van der Waals surface area contributed by atoms with Gasteiger partial charge in [-0.15, -0.1) is 0 Å². The Morgan fingerprint density at radius 1 is 0.652 bits per heavy atom. The molecule has 0 radical (unpaired) electrons. The molecule has 2 saturated carbocycles. The Kier molecular flexibility index (Phi) is 9.43. The van der Waals surface area contributed by atoms with Crippen molar-refractivity contribution in [2.24, 2.45) is 0 Å². The molecule has 2 aliphatic carbocycles. The van der Waals surface area contributed by atoms with Crippen molar-refractivity contribution in [2.45, 2.75) is 89.6 Å². The molecule has 2 aliphatic heterocycles. The Labute approximate surface area is 380 Å². The summed E-state index contributed by atoms with van der Waals surface area (Å²) in [5.74, 6) is 1.03. The van der Waals surface area contributed by atoms with E-state index in [4.69, 9.17) is 29.9 Å².